The molecular weight excluding hydrogens is 286 g/mol. The third-order valence-electron chi connectivity index (χ3n) is 6.87. The van der Waals surface area contributed by atoms with Crippen LogP contribution in [0.3, 0.4) is 0 Å². The summed E-state index contributed by atoms with van der Waals surface area (Å²) < 4.78 is 12.2. The van der Waals surface area contributed by atoms with Gasteiger partial charge in [-0.3, -0.25) is 0 Å². The van der Waals surface area contributed by atoms with Gasteiger partial charge in [0, 0.05) is 39.0 Å². The van der Waals surface area contributed by atoms with Crippen molar-refractivity contribution in [2.75, 3.05) is 32.9 Å². The van der Waals surface area contributed by atoms with Gasteiger partial charge in [0.15, 0.2) is 0 Å². The van der Waals surface area contributed by atoms with E-state index in [0.717, 1.165) is 37.7 Å². The second-order valence-electron chi connectivity index (χ2n) is 8.67. The molecule has 1 unspecified atom stereocenters. The molecule has 2 saturated carbocycles. The van der Waals surface area contributed by atoms with E-state index in [2.05, 4.69) is 4.90 Å². The van der Waals surface area contributed by atoms with Gasteiger partial charge in [0.05, 0.1) is 5.60 Å². The normalized spacial score (nSPS) is 32.6. The fraction of sp³-hybridized carbons (Fsp3) is 1.00. The SMILES string of the molecule is C1CCC(N2CCC3(CC2)CC(CCOCC2CC2)CCO3)C1. The summed E-state index contributed by atoms with van der Waals surface area (Å²) in [6.45, 7) is 5.53. The second-order valence-corrected chi connectivity index (χ2v) is 8.67. The number of hydrogen-bond acceptors (Lipinski definition) is 3. The minimum atomic E-state index is 0.217. The number of hydrogen-bond donors (Lipinski definition) is 0. The highest BCUT2D eigenvalue weighted by atomic mass is 16.5. The lowest BCUT2D eigenvalue weighted by Crippen LogP contribution is -2.51. The van der Waals surface area contributed by atoms with Crippen LogP contribution in [0.4, 0.5) is 0 Å². The van der Waals surface area contributed by atoms with E-state index in [1.165, 1.54) is 83.7 Å². The monoisotopic (exact) mass is 321 g/mol. The summed E-state index contributed by atoms with van der Waals surface area (Å²) in [7, 11) is 0. The third kappa shape index (κ3) is 4.29. The van der Waals surface area contributed by atoms with Gasteiger partial charge in [0.2, 0.25) is 0 Å². The maximum absolute atomic E-state index is 6.33. The van der Waals surface area contributed by atoms with Gasteiger partial charge in [-0.25, -0.2) is 0 Å². The first-order chi connectivity index (χ1) is 11.3. The minimum Gasteiger partial charge on any atom is -0.381 e. The zero-order chi connectivity index (χ0) is 15.5. The Kier molecular flexibility index (Phi) is 5.27. The molecule has 1 spiro atoms. The van der Waals surface area contributed by atoms with Gasteiger partial charge in [-0.15, -0.1) is 0 Å². The predicted molar refractivity (Wildman–Crippen MR) is 92.6 cm³/mol. The van der Waals surface area contributed by atoms with Crippen molar-refractivity contribution < 1.29 is 9.47 Å². The van der Waals surface area contributed by atoms with Crippen LogP contribution in [0.1, 0.15) is 70.6 Å². The van der Waals surface area contributed by atoms with Crippen LogP contribution in [0, 0.1) is 11.8 Å². The van der Waals surface area contributed by atoms with Crippen LogP contribution in [0.25, 0.3) is 0 Å². The number of ether oxygens (including phenoxy) is 2. The van der Waals surface area contributed by atoms with Crippen molar-refractivity contribution in [1.29, 1.82) is 0 Å². The van der Waals surface area contributed by atoms with Gasteiger partial charge in [-0.05, 0) is 69.6 Å². The zero-order valence-corrected chi connectivity index (χ0v) is 14.8. The van der Waals surface area contributed by atoms with Crippen LogP contribution in [0.2, 0.25) is 0 Å². The Morgan fingerprint density at radius 2 is 1.74 bits per heavy atom. The van der Waals surface area contributed by atoms with E-state index in [1.54, 1.807) is 0 Å². The van der Waals surface area contributed by atoms with Crippen LogP contribution >= 0.6 is 0 Å². The largest absolute Gasteiger partial charge is 0.381 e. The van der Waals surface area contributed by atoms with Crippen LogP contribution in [-0.4, -0.2) is 49.5 Å². The van der Waals surface area contributed by atoms with E-state index in [4.69, 9.17) is 9.47 Å². The fourth-order valence-electron chi connectivity index (χ4n) is 5.07. The molecule has 2 heterocycles. The van der Waals surface area contributed by atoms with Crippen LogP contribution in [-0.2, 0) is 9.47 Å². The summed E-state index contributed by atoms with van der Waals surface area (Å²) in [4.78, 5) is 2.77. The van der Waals surface area contributed by atoms with Crippen LogP contribution < -0.4 is 0 Å². The smallest absolute Gasteiger partial charge is 0.0709 e. The van der Waals surface area contributed by atoms with Gasteiger partial charge in [-0.2, -0.15) is 0 Å². The molecule has 0 radical (unpaired) electrons. The third-order valence-corrected chi connectivity index (χ3v) is 6.87. The summed E-state index contributed by atoms with van der Waals surface area (Å²) >= 11 is 0. The molecule has 0 aromatic rings. The lowest BCUT2D eigenvalue weighted by Gasteiger charge is -2.47. The van der Waals surface area contributed by atoms with E-state index >= 15 is 0 Å². The maximum atomic E-state index is 6.33. The highest BCUT2D eigenvalue weighted by Crippen LogP contribution is 2.40. The molecule has 2 aliphatic carbocycles. The van der Waals surface area contributed by atoms with Crippen LogP contribution in [0.15, 0.2) is 0 Å². The van der Waals surface area contributed by atoms with E-state index in [9.17, 15) is 0 Å². The van der Waals surface area contributed by atoms with E-state index in [1.807, 2.05) is 0 Å². The molecule has 0 aromatic carbocycles. The lowest BCUT2D eigenvalue weighted by molar-refractivity contribution is -0.132. The summed E-state index contributed by atoms with van der Waals surface area (Å²) in [5, 5.41) is 0. The van der Waals surface area contributed by atoms with Gasteiger partial charge in [0.25, 0.3) is 0 Å². The molecular formula is C20H35NO2. The Morgan fingerprint density at radius 3 is 2.48 bits per heavy atom. The molecule has 2 saturated heterocycles. The van der Waals surface area contributed by atoms with Gasteiger partial charge in [-0.1, -0.05) is 12.8 Å². The van der Waals surface area contributed by atoms with Crippen molar-refractivity contribution in [2.24, 2.45) is 11.8 Å². The first-order valence-corrected chi connectivity index (χ1v) is 10.3. The molecule has 4 fully saturated rings. The van der Waals surface area contributed by atoms with E-state index in [-0.39, 0.29) is 5.60 Å². The van der Waals surface area contributed by atoms with E-state index < -0.39 is 0 Å². The Hall–Kier alpha value is -0.120. The van der Waals surface area contributed by atoms with Gasteiger partial charge >= 0.3 is 0 Å². The topological polar surface area (TPSA) is 21.7 Å². The molecule has 23 heavy (non-hydrogen) atoms. The Balaban J connectivity index is 1.20. The summed E-state index contributed by atoms with van der Waals surface area (Å²) in [6, 6.07) is 0.891. The van der Waals surface area contributed by atoms with Crippen LogP contribution in [0.5, 0.6) is 0 Å². The van der Waals surface area contributed by atoms with Crippen molar-refractivity contribution in [2.45, 2.75) is 82.3 Å². The quantitative estimate of drug-likeness (QED) is 0.690. The fourth-order valence-corrected chi connectivity index (χ4v) is 5.07. The molecule has 132 valence electrons. The van der Waals surface area contributed by atoms with Crippen molar-refractivity contribution >= 4 is 0 Å². The number of nitrogens with zero attached hydrogens (tertiary/aromatic N) is 1. The molecule has 0 bridgehead atoms. The summed E-state index contributed by atoms with van der Waals surface area (Å²) in [5.41, 5.74) is 0.217. The second kappa shape index (κ2) is 7.41. The van der Waals surface area contributed by atoms with Crippen molar-refractivity contribution in [3.05, 3.63) is 0 Å². The minimum absolute atomic E-state index is 0.217. The number of rotatable bonds is 6. The lowest BCUT2D eigenvalue weighted by atomic mass is 9.78. The number of likely N-dealkylation sites (tertiary alicyclic amines) is 1. The summed E-state index contributed by atoms with van der Waals surface area (Å²) in [6.07, 6.45) is 14.9. The summed E-state index contributed by atoms with van der Waals surface area (Å²) in [5.74, 6) is 1.73. The molecule has 0 amide bonds. The molecule has 4 aliphatic rings. The van der Waals surface area contributed by atoms with Gasteiger partial charge < -0.3 is 14.4 Å². The van der Waals surface area contributed by atoms with E-state index in [0.29, 0.717) is 0 Å². The van der Waals surface area contributed by atoms with Crippen molar-refractivity contribution in [3.8, 4) is 0 Å². The molecule has 3 heteroatoms. The maximum Gasteiger partial charge on any atom is 0.0709 e. The molecule has 3 nitrogen and oxygen atoms in total. The highest BCUT2D eigenvalue weighted by Gasteiger charge is 2.41. The zero-order valence-electron chi connectivity index (χ0n) is 14.8. The molecule has 2 aliphatic heterocycles. The first-order valence-electron chi connectivity index (χ1n) is 10.3. The Labute approximate surface area is 142 Å². The molecule has 0 aromatic heterocycles. The highest BCUT2D eigenvalue weighted by molar-refractivity contribution is 4.94. The Morgan fingerprint density at radius 1 is 0.957 bits per heavy atom. The molecule has 1 atom stereocenters. The average Bonchev–Trinajstić information content (AvgIpc) is 3.24. The average molecular weight is 322 g/mol. The molecule has 4 rings (SSSR count). The predicted octanol–water partition coefficient (Wildman–Crippen LogP) is 4.01. The standard InChI is InChI=1S/C20H35NO2/c1-2-4-19(3-1)21-11-9-20(10-12-21)15-17(8-14-23-20)7-13-22-16-18-5-6-18/h17-19H,1-16H2. The molecule has 0 N–H and O–H groups in total. The first kappa shape index (κ1) is 16.4. The number of piperidine rings is 1. The van der Waals surface area contributed by atoms with Crippen molar-refractivity contribution in [1.82, 2.24) is 4.90 Å². The van der Waals surface area contributed by atoms with Crippen molar-refractivity contribution in [3.63, 3.8) is 0 Å². The Bertz CT molecular complexity index is 368. The van der Waals surface area contributed by atoms with Gasteiger partial charge in [0.1, 0.15) is 0 Å².